The van der Waals surface area contributed by atoms with Crippen molar-refractivity contribution in [2.75, 3.05) is 19.6 Å². The van der Waals surface area contributed by atoms with Crippen LogP contribution in [0.3, 0.4) is 0 Å². The van der Waals surface area contributed by atoms with Crippen molar-refractivity contribution < 1.29 is 4.79 Å². The Morgan fingerprint density at radius 3 is 2.56 bits per heavy atom. The van der Waals surface area contributed by atoms with Gasteiger partial charge in [-0.15, -0.1) is 0 Å². The first kappa shape index (κ1) is 13.1. The maximum atomic E-state index is 11.5. The highest BCUT2D eigenvalue weighted by molar-refractivity contribution is 5.75. The van der Waals surface area contributed by atoms with Gasteiger partial charge in [0.1, 0.15) is 0 Å². The van der Waals surface area contributed by atoms with Crippen LogP contribution in [0.1, 0.15) is 31.7 Å². The normalized spacial score (nSPS) is 18.3. The third-order valence-electron chi connectivity index (χ3n) is 3.89. The van der Waals surface area contributed by atoms with Crippen LogP contribution in [-0.4, -0.2) is 25.5 Å². The average molecular weight is 246 g/mol. The Morgan fingerprint density at radius 1 is 1.28 bits per heavy atom. The first-order chi connectivity index (χ1) is 8.77. The maximum absolute atomic E-state index is 11.5. The molecule has 1 aromatic rings. The fourth-order valence-corrected chi connectivity index (χ4v) is 2.66. The first-order valence-corrected chi connectivity index (χ1v) is 6.80. The summed E-state index contributed by atoms with van der Waals surface area (Å²) in [4.78, 5) is 11.5. The number of carbonyl (C=O) groups excluding carboxylic acids is 1. The van der Waals surface area contributed by atoms with Crippen molar-refractivity contribution in [3.05, 3.63) is 35.9 Å². The monoisotopic (exact) mass is 246 g/mol. The van der Waals surface area contributed by atoms with Crippen LogP contribution < -0.4 is 10.6 Å². The molecule has 18 heavy (non-hydrogen) atoms. The second kappa shape index (κ2) is 6.01. The van der Waals surface area contributed by atoms with Crippen molar-refractivity contribution in [3.8, 4) is 0 Å². The van der Waals surface area contributed by atoms with E-state index >= 15 is 0 Å². The molecule has 2 N–H and O–H groups in total. The number of hydrogen-bond donors (Lipinski definition) is 2. The molecule has 1 aromatic carbocycles. The summed E-state index contributed by atoms with van der Waals surface area (Å²) >= 11 is 0. The SMILES string of the molecule is CCC(=O)NCC1(c2ccccc2)CCNCC1. The highest BCUT2D eigenvalue weighted by Crippen LogP contribution is 2.32. The lowest BCUT2D eigenvalue weighted by Crippen LogP contribution is -2.47. The number of rotatable bonds is 4. The zero-order valence-electron chi connectivity index (χ0n) is 11.0. The number of carbonyl (C=O) groups is 1. The number of piperidine rings is 1. The molecule has 0 bridgehead atoms. The number of nitrogens with one attached hydrogen (secondary N) is 2. The van der Waals surface area contributed by atoms with Crippen LogP contribution in [-0.2, 0) is 10.2 Å². The minimum Gasteiger partial charge on any atom is -0.355 e. The summed E-state index contributed by atoms with van der Waals surface area (Å²) < 4.78 is 0. The standard InChI is InChI=1S/C15H22N2O/c1-2-14(18)17-12-15(8-10-16-11-9-15)13-6-4-3-5-7-13/h3-7,16H,2,8-12H2,1H3,(H,17,18). The molecule has 1 aliphatic rings. The molecule has 0 spiro atoms. The molecule has 0 aliphatic carbocycles. The molecule has 1 fully saturated rings. The maximum Gasteiger partial charge on any atom is 0.219 e. The van der Waals surface area contributed by atoms with Gasteiger partial charge in [0.05, 0.1) is 0 Å². The Labute approximate surface area is 109 Å². The van der Waals surface area contributed by atoms with Crippen LogP contribution in [0.4, 0.5) is 0 Å². The van der Waals surface area contributed by atoms with E-state index in [1.165, 1.54) is 5.56 Å². The van der Waals surface area contributed by atoms with Crippen LogP contribution >= 0.6 is 0 Å². The molecule has 3 heteroatoms. The van der Waals surface area contributed by atoms with Crippen LogP contribution in [0, 0.1) is 0 Å². The van der Waals surface area contributed by atoms with E-state index in [9.17, 15) is 4.79 Å². The predicted octanol–water partition coefficient (Wildman–Crippen LogP) is 1.83. The Morgan fingerprint density at radius 2 is 1.94 bits per heavy atom. The highest BCUT2D eigenvalue weighted by Gasteiger charge is 2.33. The topological polar surface area (TPSA) is 41.1 Å². The Bertz CT molecular complexity index is 383. The second-order valence-electron chi connectivity index (χ2n) is 5.03. The van der Waals surface area contributed by atoms with Crippen LogP contribution in [0.5, 0.6) is 0 Å². The summed E-state index contributed by atoms with van der Waals surface area (Å²) in [6.07, 6.45) is 2.73. The van der Waals surface area contributed by atoms with E-state index in [-0.39, 0.29) is 11.3 Å². The van der Waals surface area contributed by atoms with Crippen molar-refractivity contribution in [1.82, 2.24) is 10.6 Å². The van der Waals surface area contributed by atoms with Crippen molar-refractivity contribution in [3.63, 3.8) is 0 Å². The van der Waals surface area contributed by atoms with Crippen molar-refractivity contribution >= 4 is 5.91 Å². The lowest BCUT2D eigenvalue weighted by Gasteiger charge is -2.38. The minimum atomic E-state index is 0.108. The molecular weight excluding hydrogens is 224 g/mol. The third kappa shape index (κ3) is 2.91. The molecule has 1 amide bonds. The molecule has 0 radical (unpaired) electrons. The van der Waals surface area contributed by atoms with E-state index in [0.29, 0.717) is 6.42 Å². The van der Waals surface area contributed by atoms with Crippen molar-refractivity contribution in [1.29, 1.82) is 0 Å². The van der Waals surface area contributed by atoms with E-state index in [4.69, 9.17) is 0 Å². The first-order valence-electron chi connectivity index (χ1n) is 6.80. The summed E-state index contributed by atoms with van der Waals surface area (Å²) in [5.41, 5.74) is 1.46. The molecule has 1 aliphatic heterocycles. The molecular formula is C15H22N2O. The molecule has 98 valence electrons. The minimum absolute atomic E-state index is 0.108. The van der Waals surface area contributed by atoms with Gasteiger partial charge in [0, 0.05) is 18.4 Å². The number of benzene rings is 1. The quantitative estimate of drug-likeness (QED) is 0.851. The average Bonchev–Trinajstić information content (AvgIpc) is 2.46. The molecule has 0 aromatic heterocycles. The van der Waals surface area contributed by atoms with Gasteiger partial charge in [-0.2, -0.15) is 0 Å². The summed E-state index contributed by atoms with van der Waals surface area (Å²) in [5, 5.41) is 6.47. The van der Waals surface area contributed by atoms with Crippen LogP contribution in [0.2, 0.25) is 0 Å². The smallest absolute Gasteiger partial charge is 0.219 e. The lowest BCUT2D eigenvalue weighted by atomic mass is 9.73. The van der Waals surface area contributed by atoms with Gasteiger partial charge in [0.25, 0.3) is 0 Å². The zero-order chi connectivity index (χ0) is 12.8. The van der Waals surface area contributed by atoms with E-state index in [0.717, 1.165) is 32.5 Å². The molecule has 2 rings (SSSR count). The van der Waals surface area contributed by atoms with Gasteiger partial charge in [-0.1, -0.05) is 37.3 Å². The lowest BCUT2D eigenvalue weighted by molar-refractivity contribution is -0.121. The number of amides is 1. The summed E-state index contributed by atoms with van der Waals surface area (Å²) in [6.45, 7) is 4.70. The van der Waals surface area contributed by atoms with E-state index < -0.39 is 0 Å². The molecule has 0 atom stereocenters. The largest absolute Gasteiger partial charge is 0.355 e. The van der Waals surface area contributed by atoms with Gasteiger partial charge in [0.2, 0.25) is 5.91 Å². The second-order valence-corrected chi connectivity index (χ2v) is 5.03. The fourth-order valence-electron chi connectivity index (χ4n) is 2.66. The molecule has 0 saturated carbocycles. The van der Waals surface area contributed by atoms with Crippen LogP contribution in [0.15, 0.2) is 30.3 Å². The Kier molecular flexibility index (Phi) is 4.37. The van der Waals surface area contributed by atoms with Gasteiger partial charge in [0.15, 0.2) is 0 Å². The third-order valence-corrected chi connectivity index (χ3v) is 3.89. The van der Waals surface area contributed by atoms with Crippen molar-refractivity contribution in [2.45, 2.75) is 31.6 Å². The molecule has 3 nitrogen and oxygen atoms in total. The number of hydrogen-bond acceptors (Lipinski definition) is 2. The zero-order valence-corrected chi connectivity index (χ0v) is 11.0. The van der Waals surface area contributed by atoms with Gasteiger partial charge >= 0.3 is 0 Å². The highest BCUT2D eigenvalue weighted by atomic mass is 16.1. The summed E-state index contributed by atoms with van der Waals surface area (Å²) in [7, 11) is 0. The van der Waals surface area contributed by atoms with E-state index in [2.05, 4.69) is 34.9 Å². The van der Waals surface area contributed by atoms with E-state index in [1.54, 1.807) is 0 Å². The van der Waals surface area contributed by atoms with Gasteiger partial charge < -0.3 is 10.6 Å². The Balaban J connectivity index is 2.15. The Hall–Kier alpha value is -1.35. The van der Waals surface area contributed by atoms with Crippen molar-refractivity contribution in [2.24, 2.45) is 0 Å². The molecule has 0 unspecified atom stereocenters. The molecule has 1 saturated heterocycles. The van der Waals surface area contributed by atoms with E-state index in [1.807, 2.05) is 13.0 Å². The summed E-state index contributed by atoms with van der Waals surface area (Å²) in [5.74, 6) is 0.142. The van der Waals surface area contributed by atoms with Gasteiger partial charge in [-0.3, -0.25) is 4.79 Å². The van der Waals surface area contributed by atoms with Gasteiger partial charge in [-0.25, -0.2) is 0 Å². The molecule has 1 heterocycles. The van der Waals surface area contributed by atoms with Gasteiger partial charge in [-0.05, 0) is 31.5 Å². The fraction of sp³-hybridized carbons (Fsp3) is 0.533. The summed E-state index contributed by atoms with van der Waals surface area (Å²) in [6, 6.07) is 10.6. The van der Waals surface area contributed by atoms with Crippen LogP contribution in [0.25, 0.3) is 0 Å². The predicted molar refractivity (Wildman–Crippen MR) is 73.5 cm³/mol.